The standard InChI is InChI=1S/C26H30ClN5O2S/c1-30(26-29-28-24(35-26)11-6-19-2-7-21(27)8-3-19)23-16-25(33)32(18-23)22-9-4-20(5-10-22)17-31-12-14-34-15-13-31/h2-5,7-10,23H,6,11-18H2,1H3. The molecule has 1 amide bonds. The topological polar surface area (TPSA) is 61.8 Å². The van der Waals surface area contributed by atoms with E-state index in [0.29, 0.717) is 13.0 Å². The summed E-state index contributed by atoms with van der Waals surface area (Å²) < 4.78 is 5.43. The maximum atomic E-state index is 12.8. The molecule has 0 bridgehead atoms. The van der Waals surface area contributed by atoms with Crippen LogP contribution in [0.25, 0.3) is 0 Å². The Morgan fingerprint density at radius 1 is 1.03 bits per heavy atom. The second-order valence-electron chi connectivity index (χ2n) is 9.13. The maximum Gasteiger partial charge on any atom is 0.229 e. The zero-order valence-corrected chi connectivity index (χ0v) is 21.5. The molecule has 7 nitrogen and oxygen atoms in total. The summed E-state index contributed by atoms with van der Waals surface area (Å²) in [6.07, 6.45) is 2.21. The van der Waals surface area contributed by atoms with Crippen LogP contribution < -0.4 is 9.80 Å². The second-order valence-corrected chi connectivity index (χ2v) is 10.6. The number of benzene rings is 2. The number of anilines is 2. The first kappa shape index (κ1) is 24.2. The first-order valence-corrected chi connectivity index (χ1v) is 13.2. The molecule has 0 radical (unpaired) electrons. The molecule has 0 aliphatic carbocycles. The molecule has 2 aliphatic rings. The van der Waals surface area contributed by atoms with Gasteiger partial charge in [0.2, 0.25) is 11.0 Å². The third kappa shape index (κ3) is 6.01. The number of rotatable bonds is 8. The van der Waals surface area contributed by atoms with Gasteiger partial charge in [-0.3, -0.25) is 9.69 Å². The number of halogens is 1. The van der Waals surface area contributed by atoms with Crippen LogP contribution in [0.1, 0.15) is 22.6 Å². The highest BCUT2D eigenvalue weighted by Crippen LogP contribution is 2.29. The van der Waals surface area contributed by atoms with E-state index in [0.717, 1.165) is 66.5 Å². The van der Waals surface area contributed by atoms with Crippen molar-refractivity contribution in [3.8, 4) is 0 Å². The number of carbonyl (C=O) groups is 1. The van der Waals surface area contributed by atoms with E-state index in [1.807, 2.05) is 36.2 Å². The number of hydrogen-bond acceptors (Lipinski definition) is 7. The average Bonchev–Trinajstić information content (AvgIpc) is 3.51. The Labute approximate surface area is 215 Å². The molecular weight excluding hydrogens is 482 g/mol. The SMILES string of the molecule is CN(c1nnc(CCc2ccc(Cl)cc2)s1)C1CC(=O)N(c2ccc(CN3CCOCC3)cc2)C1. The van der Waals surface area contributed by atoms with E-state index >= 15 is 0 Å². The predicted molar refractivity (Wildman–Crippen MR) is 140 cm³/mol. The van der Waals surface area contributed by atoms with E-state index in [4.69, 9.17) is 16.3 Å². The highest BCUT2D eigenvalue weighted by molar-refractivity contribution is 7.15. The van der Waals surface area contributed by atoms with Crippen LogP contribution in [0.2, 0.25) is 5.02 Å². The van der Waals surface area contributed by atoms with Gasteiger partial charge in [-0.25, -0.2) is 0 Å². The largest absolute Gasteiger partial charge is 0.379 e. The highest BCUT2D eigenvalue weighted by Gasteiger charge is 2.34. The van der Waals surface area contributed by atoms with Crippen molar-refractivity contribution in [3.05, 3.63) is 69.7 Å². The molecule has 2 aromatic carbocycles. The van der Waals surface area contributed by atoms with Gasteiger partial charge in [0.05, 0.1) is 19.3 Å². The lowest BCUT2D eigenvalue weighted by molar-refractivity contribution is -0.117. The number of aryl methyl sites for hydroxylation is 2. The molecule has 0 saturated carbocycles. The number of aromatic nitrogens is 2. The van der Waals surface area contributed by atoms with E-state index < -0.39 is 0 Å². The molecular formula is C26H30ClN5O2S. The van der Waals surface area contributed by atoms with E-state index in [-0.39, 0.29) is 11.9 Å². The summed E-state index contributed by atoms with van der Waals surface area (Å²) in [5.41, 5.74) is 3.45. The van der Waals surface area contributed by atoms with Gasteiger partial charge in [-0.05, 0) is 41.8 Å². The Bertz CT molecular complexity index is 1130. The summed E-state index contributed by atoms with van der Waals surface area (Å²) >= 11 is 7.57. The molecule has 5 rings (SSSR count). The second kappa shape index (κ2) is 11.0. The van der Waals surface area contributed by atoms with Crippen LogP contribution in [0, 0.1) is 0 Å². The number of carbonyl (C=O) groups excluding carboxylic acids is 1. The van der Waals surface area contributed by atoms with Gasteiger partial charge in [-0.15, -0.1) is 10.2 Å². The van der Waals surface area contributed by atoms with Gasteiger partial charge in [0, 0.05) is 56.8 Å². The number of likely N-dealkylation sites (N-methyl/N-ethyl adjacent to an activating group) is 1. The van der Waals surface area contributed by atoms with E-state index in [1.165, 1.54) is 11.1 Å². The van der Waals surface area contributed by atoms with Crippen molar-refractivity contribution in [1.82, 2.24) is 15.1 Å². The van der Waals surface area contributed by atoms with Gasteiger partial charge in [0.1, 0.15) is 5.01 Å². The molecule has 9 heteroatoms. The fourth-order valence-electron chi connectivity index (χ4n) is 4.54. The number of ether oxygens (including phenoxy) is 1. The summed E-state index contributed by atoms with van der Waals surface area (Å²) in [6, 6.07) is 16.4. The fraction of sp³-hybridized carbons (Fsp3) is 0.423. The van der Waals surface area contributed by atoms with Crippen LogP contribution in [0.3, 0.4) is 0 Å². The first-order valence-electron chi connectivity index (χ1n) is 12.0. The van der Waals surface area contributed by atoms with Gasteiger partial charge >= 0.3 is 0 Å². The van der Waals surface area contributed by atoms with E-state index in [9.17, 15) is 4.79 Å². The molecule has 0 N–H and O–H groups in total. The van der Waals surface area contributed by atoms with Crippen molar-refractivity contribution in [2.45, 2.75) is 31.8 Å². The monoisotopic (exact) mass is 511 g/mol. The third-order valence-corrected chi connectivity index (χ3v) is 8.03. The van der Waals surface area contributed by atoms with Crippen LogP contribution in [0.15, 0.2) is 48.5 Å². The van der Waals surface area contributed by atoms with Crippen LogP contribution in [0.5, 0.6) is 0 Å². The highest BCUT2D eigenvalue weighted by atomic mass is 35.5. The number of hydrogen-bond donors (Lipinski definition) is 0. The third-order valence-electron chi connectivity index (χ3n) is 6.71. The van der Waals surface area contributed by atoms with Crippen LogP contribution >= 0.6 is 22.9 Å². The Kier molecular flexibility index (Phi) is 7.63. The normalized spacial score (nSPS) is 18.9. The summed E-state index contributed by atoms with van der Waals surface area (Å²) in [7, 11) is 2.01. The number of nitrogens with zero attached hydrogens (tertiary/aromatic N) is 5. The summed E-state index contributed by atoms with van der Waals surface area (Å²) in [4.78, 5) is 19.2. The molecule has 3 aromatic rings. The minimum Gasteiger partial charge on any atom is -0.379 e. The van der Waals surface area contributed by atoms with Crippen LogP contribution in [-0.4, -0.2) is 66.9 Å². The molecule has 3 heterocycles. The van der Waals surface area contributed by atoms with Crippen molar-refractivity contribution >= 4 is 39.7 Å². The molecule has 35 heavy (non-hydrogen) atoms. The lowest BCUT2D eigenvalue weighted by Gasteiger charge is -2.27. The Morgan fingerprint density at radius 3 is 2.49 bits per heavy atom. The number of morpholine rings is 1. The van der Waals surface area contributed by atoms with Crippen molar-refractivity contribution < 1.29 is 9.53 Å². The summed E-state index contributed by atoms with van der Waals surface area (Å²) in [6.45, 7) is 5.10. The van der Waals surface area contributed by atoms with Crippen molar-refractivity contribution in [2.75, 3.05) is 49.7 Å². The molecule has 184 valence electrons. The van der Waals surface area contributed by atoms with Gasteiger partial charge in [0.15, 0.2) is 0 Å². The maximum absolute atomic E-state index is 12.8. The van der Waals surface area contributed by atoms with Gasteiger partial charge < -0.3 is 14.5 Å². The van der Waals surface area contributed by atoms with Crippen molar-refractivity contribution in [2.24, 2.45) is 0 Å². The lowest BCUT2D eigenvalue weighted by Crippen LogP contribution is -2.35. The zero-order valence-electron chi connectivity index (χ0n) is 19.9. The molecule has 1 unspecified atom stereocenters. The molecule has 2 saturated heterocycles. The lowest BCUT2D eigenvalue weighted by atomic mass is 10.1. The quantitative estimate of drug-likeness (QED) is 0.454. The van der Waals surface area contributed by atoms with Gasteiger partial charge in [-0.1, -0.05) is 47.2 Å². The molecule has 1 atom stereocenters. The Morgan fingerprint density at radius 2 is 1.74 bits per heavy atom. The smallest absolute Gasteiger partial charge is 0.229 e. The van der Waals surface area contributed by atoms with Crippen molar-refractivity contribution in [3.63, 3.8) is 0 Å². The summed E-state index contributed by atoms with van der Waals surface area (Å²) in [5.74, 6) is 0.148. The molecule has 0 spiro atoms. The molecule has 2 fully saturated rings. The molecule has 1 aromatic heterocycles. The Hall–Kier alpha value is -2.52. The van der Waals surface area contributed by atoms with E-state index in [1.54, 1.807) is 11.3 Å². The zero-order chi connectivity index (χ0) is 24.2. The minimum absolute atomic E-state index is 0.0765. The van der Waals surface area contributed by atoms with Gasteiger partial charge in [-0.2, -0.15) is 0 Å². The van der Waals surface area contributed by atoms with Crippen LogP contribution in [-0.2, 0) is 28.9 Å². The Balaban J connectivity index is 1.16. The summed E-state index contributed by atoms with van der Waals surface area (Å²) in [5, 5.41) is 11.4. The number of amides is 1. The first-order chi connectivity index (χ1) is 17.0. The average molecular weight is 512 g/mol. The van der Waals surface area contributed by atoms with Crippen molar-refractivity contribution in [1.29, 1.82) is 0 Å². The van der Waals surface area contributed by atoms with Gasteiger partial charge in [0.25, 0.3) is 0 Å². The minimum atomic E-state index is 0.0765. The van der Waals surface area contributed by atoms with E-state index in [2.05, 4.69) is 44.3 Å². The van der Waals surface area contributed by atoms with Crippen LogP contribution in [0.4, 0.5) is 10.8 Å². The fourth-order valence-corrected chi connectivity index (χ4v) is 5.54. The predicted octanol–water partition coefficient (Wildman–Crippen LogP) is 4.05. The molecule has 2 aliphatic heterocycles.